The summed E-state index contributed by atoms with van der Waals surface area (Å²) in [6.45, 7) is 4.94. The molecule has 0 bridgehead atoms. The number of likely N-dealkylation sites (tertiary alicyclic amines) is 1. The van der Waals surface area contributed by atoms with Gasteiger partial charge in [0.15, 0.2) is 0 Å². The number of hydrogen-bond acceptors (Lipinski definition) is 4. The van der Waals surface area contributed by atoms with E-state index in [1.54, 1.807) is 19.2 Å². The SMILES string of the molecule is COC1CN(CCC(=O)Nc2ccc(N)cc2)CCC1C. The summed E-state index contributed by atoms with van der Waals surface area (Å²) < 4.78 is 5.49. The third kappa shape index (κ3) is 4.72. The molecule has 1 aromatic rings. The predicted octanol–water partition coefficient (Wildman–Crippen LogP) is 1.95. The van der Waals surface area contributed by atoms with Gasteiger partial charge in [-0.15, -0.1) is 0 Å². The standard InChI is InChI=1S/C16H25N3O2/c1-12-7-9-19(11-15(12)21-2)10-8-16(20)18-14-5-3-13(17)4-6-14/h3-6,12,15H,7-11,17H2,1-2H3,(H,18,20). The molecule has 1 fully saturated rings. The molecule has 1 saturated heterocycles. The Hall–Kier alpha value is -1.59. The van der Waals surface area contributed by atoms with Crippen molar-refractivity contribution in [1.29, 1.82) is 0 Å². The average molecular weight is 291 g/mol. The van der Waals surface area contributed by atoms with Crippen molar-refractivity contribution >= 4 is 17.3 Å². The van der Waals surface area contributed by atoms with Gasteiger partial charge in [0.25, 0.3) is 0 Å². The van der Waals surface area contributed by atoms with Crippen LogP contribution in [0.25, 0.3) is 0 Å². The topological polar surface area (TPSA) is 67.6 Å². The summed E-state index contributed by atoms with van der Waals surface area (Å²) in [6.07, 6.45) is 1.90. The number of ether oxygens (including phenoxy) is 1. The minimum absolute atomic E-state index is 0.0346. The third-order valence-electron chi connectivity index (χ3n) is 4.13. The van der Waals surface area contributed by atoms with Crippen LogP contribution in [0, 0.1) is 5.92 Å². The number of hydrogen-bond donors (Lipinski definition) is 2. The van der Waals surface area contributed by atoms with Gasteiger partial charge in [-0.25, -0.2) is 0 Å². The second-order valence-corrected chi connectivity index (χ2v) is 5.76. The van der Waals surface area contributed by atoms with Crippen LogP contribution in [0.15, 0.2) is 24.3 Å². The lowest BCUT2D eigenvalue weighted by Gasteiger charge is -2.36. The number of carbonyl (C=O) groups excluding carboxylic acids is 1. The van der Waals surface area contributed by atoms with Crippen LogP contribution in [0.4, 0.5) is 11.4 Å². The Kier molecular flexibility index (Phi) is 5.59. The Balaban J connectivity index is 1.75. The van der Waals surface area contributed by atoms with Gasteiger partial charge in [-0.3, -0.25) is 4.79 Å². The maximum atomic E-state index is 12.0. The van der Waals surface area contributed by atoms with Gasteiger partial charge < -0.3 is 20.7 Å². The number of amides is 1. The van der Waals surface area contributed by atoms with Crippen LogP contribution in [0.1, 0.15) is 19.8 Å². The normalized spacial score (nSPS) is 23.0. The van der Waals surface area contributed by atoms with E-state index in [0.717, 1.165) is 31.7 Å². The van der Waals surface area contributed by atoms with E-state index in [2.05, 4.69) is 17.1 Å². The number of nitrogens with one attached hydrogen (secondary N) is 1. The summed E-state index contributed by atoms with van der Waals surface area (Å²) >= 11 is 0. The van der Waals surface area contributed by atoms with Crippen molar-refractivity contribution < 1.29 is 9.53 Å². The Bertz CT molecular complexity index is 461. The summed E-state index contributed by atoms with van der Waals surface area (Å²) in [5.41, 5.74) is 7.10. The van der Waals surface area contributed by atoms with Crippen LogP contribution in [0.3, 0.4) is 0 Å². The van der Waals surface area contributed by atoms with E-state index < -0.39 is 0 Å². The van der Waals surface area contributed by atoms with E-state index in [-0.39, 0.29) is 12.0 Å². The number of nitrogens with two attached hydrogens (primary N) is 1. The minimum Gasteiger partial charge on any atom is -0.399 e. The zero-order chi connectivity index (χ0) is 15.2. The third-order valence-corrected chi connectivity index (χ3v) is 4.13. The van der Waals surface area contributed by atoms with E-state index in [1.807, 2.05) is 12.1 Å². The maximum Gasteiger partial charge on any atom is 0.225 e. The highest BCUT2D eigenvalue weighted by atomic mass is 16.5. The highest BCUT2D eigenvalue weighted by molar-refractivity contribution is 5.90. The van der Waals surface area contributed by atoms with Crippen molar-refractivity contribution in [2.45, 2.75) is 25.9 Å². The highest BCUT2D eigenvalue weighted by Crippen LogP contribution is 2.19. The molecule has 1 aliphatic heterocycles. The van der Waals surface area contributed by atoms with Crippen molar-refractivity contribution in [1.82, 2.24) is 4.90 Å². The summed E-state index contributed by atoms with van der Waals surface area (Å²) in [6, 6.07) is 7.20. The monoisotopic (exact) mass is 291 g/mol. The number of methoxy groups -OCH3 is 1. The zero-order valence-corrected chi connectivity index (χ0v) is 12.8. The molecule has 2 unspecified atom stereocenters. The molecule has 0 aliphatic carbocycles. The summed E-state index contributed by atoms with van der Waals surface area (Å²) in [5, 5.41) is 2.89. The largest absolute Gasteiger partial charge is 0.399 e. The first-order valence-corrected chi connectivity index (χ1v) is 7.49. The van der Waals surface area contributed by atoms with Crippen molar-refractivity contribution in [3.63, 3.8) is 0 Å². The molecule has 0 saturated carbocycles. The molecule has 116 valence electrons. The quantitative estimate of drug-likeness (QED) is 0.814. The lowest BCUT2D eigenvalue weighted by molar-refractivity contribution is -0.116. The zero-order valence-electron chi connectivity index (χ0n) is 12.8. The molecule has 2 rings (SSSR count). The summed E-state index contributed by atoms with van der Waals surface area (Å²) in [7, 11) is 1.76. The molecule has 0 radical (unpaired) electrons. The second kappa shape index (κ2) is 7.43. The Morgan fingerprint density at radius 2 is 2.14 bits per heavy atom. The molecule has 0 aromatic heterocycles. The number of carbonyl (C=O) groups is 1. The Morgan fingerprint density at radius 1 is 1.43 bits per heavy atom. The van der Waals surface area contributed by atoms with Crippen LogP contribution in [-0.4, -0.2) is 43.7 Å². The smallest absolute Gasteiger partial charge is 0.225 e. The van der Waals surface area contributed by atoms with E-state index in [9.17, 15) is 4.79 Å². The molecule has 21 heavy (non-hydrogen) atoms. The van der Waals surface area contributed by atoms with E-state index in [1.165, 1.54) is 0 Å². The Labute approximate surface area is 126 Å². The minimum atomic E-state index is 0.0346. The first kappa shape index (κ1) is 15.8. The lowest BCUT2D eigenvalue weighted by Crippen LogP contribution is -2.44. The van der Waals surface area contributed by atoms with E-state index in [4.69, 9.17) is 10.5 Å². The van der Waals surface area contributed by atoms with Gasteiger partial charge in [0.2, 0.25) is 5.91 Å². The summed E-state index contributed by atoms with van der Waals surface area (Å²) in [4.78, 5) is 14.3. The average Bonchev–Trinajstić information content (AvgIpc) is 2.49. The molecule has 3 N–H and O–H groups in total. The molecular formula is C16H25N3O2. The van der Waals surface area contributed by atoms with Gasteiger partial charge in [0.1, 0.15) is 0 Å². The van der Waals surface area contributed by atoms with Crippen molar-refractivity contribution in [3.8, 4) is 0 Å². The van der Waals surface area contributed by atoms with Crippen LogP contribution in [0.2, 0.25) is 0 Å². The molecule has 1 heterocycles. The molecule has 5 nitrogen and oxygen atoms in total. The van der Waals surface area contributed by atoms with Crippen LogP contribution < -0.4 is 11.1 Å². The number of rotatable bonds is 5. The number of piperidine rings is 1. The van der Waals surface area contributed by atoms with Crippen molar-refractivity contribution in [3.05, 3.63) is 24.3 Å². The van der Waals surface area contributed by atoms with E-state index >= 15 is 0 Å². The molecule has 1 aliphatic rings. The fourth-order valence-electron chi connectivity index (χ4n) is 2.66. The van der Waals surface area contributed by atoms with Crippen molar-refractivity contribution in [2.24, 2.45) is 5.92 Å². The molecule has 1 aromatic carbocycles. The second-order valence-electron chi connectivity index (χ2n) is 5.76. The summed E-state index contributed by atoms with van der Waals surface area (Å²) in [5.74, 6) is 0.627. The maximum absolute atomic E-state index is 12.0. The molecule has 0 spiro atoms. The van der Waals surface area contributed by atoms with Crippen LogP contribution in [0.5, 0.6) is 0 Å². The van der Waals surface area contributed by atoms with Gasteiger partial charge in [-0.1, -0.05) is 6.92 Å². The fraction of sp³-hybridized carbons (Fsp3) is 0.562. The predicted molar refractivity (Wildman–Crippen MR) is 85.1 cm³/mol. The first-order chi connectivity index (χ1) is 10.1. The number of nitrogens with zero attached hydrogens (tertiary/aromatic N) is 1. The van der Waals surface area contributed by atoms with Gasteiger partial charge >= 0.3 is 0 Å². The molecular weight excluding hydrogens is 266 g/mol. The van der Waals surface area contributed by atoms with E-state index in [0.29, 0.717) is 18.0 Å². The van der Waals surface area contributed by atoms with Gasteiger partial charge in [0.05, 0.1) is 6.10 Å². The Morgan fingerprint density at radius 3 is 2.81 bits per heavy atom. The number of anilines is 2. The molecule has 5 heteroatoms. The molecule has 1 amide bonds. The first-order valence-electron chi connectivity index (χ1n) is 7.49. The fourth-order valence-corrected chi connectivity index (χ4v) is 2.66. The molecule has 2 atom stereocenters. The van der Waals surface area contributed by atoms with Gasteiger partial charge in [0, 0.05) is 38.0 Å². The van der Waals surface area contributed by atoms with Gasteiger partial charge in [-0.05, 0) is 43.1 Å². The lowest BCUT2D eigenvalue weighted by atomic mass is 9.96. The van der Waals surface area contributed by atoms with Crippen molar-refractivity contribution in [2.75, 3.05) is 37.8 Å². The van der Waals surface area contributed by atoms with Crippen LogP contribution >= 0.6 is 0 Å². The van der Waals surface area contributed by atoms with Crippen LogP contribution in [-0.2, 0) is 9.53 Å². The van der Waals surface area contributed by atoms with Gasteiger partial charge in [-0.2, -0.15) is 0 Å². The number of nitrogen functional groups attached to an aromatic ring is 1. The number of benzene rings is 1. The highest BCUT2D eigenvalue weighted by Gasteiger charge is 2.25.